The molecule has 0 N–H and O–H groups in total. The van der Waals surface area contributed by atoms with E-state index in [0.717, 1.165) is 45.5 Å². The van der Waals surface area contributed by atoms with E-state index >= 15 is 0 Å². The lowest BCUT2D eigenvalue weighted by Gasteiger charge is -2.34. The zero-order valence-corrected chi connectivity index (χ0v) is 16.8. The van der Waals surface area contributed by atoms with Crippen molar-refractivity contribution >= 4 is 0 Å². The third-order valence-corrected chi connectivity index (χ3v) is 6.71. The van der Waals surface area contributed by atoms with Crippen LogP contribution in [-0.4, -0.2) is 43.3 Å². The van der Waals surface area contributed by atoms with Crippen molar-refractivity contribution in [3.63, 3.8) is 0 Å². The van der Waals surface area contributed by atoms with Gasteiger partial charge in [-0.05, 0) is 41.5 Å². The lowest BCUT2D eigenvalue weighted by Crippen LogP contribution is -2.45. The topological polar surface area (TPSA) is 21.7 Å². The Balaban J connectivity index is 1.38. The summed E-state index contributed by atoms with van der Waals surface area (Å²) in [5.74, 6) is 0.470. The van der Waals surface area contributed by atoms with Crippen LogP contribution in [0.5, 0.6) is 0 Å². The SMILES string of the molecule is CCCC1CN(CC2CC3c4ccccc4Cc4ccccc4C3O2)CCO1. The molecule has 0 spiro atoms. The van der Waals surface area contributed by atoms with Crippen LogP contribution < -0.4 is 0 Å². The number of nitrogens with zero attached hydrogens (tertiary/aromatic N) is 1. The molecule has 28 heavy (non-hydrogen) atoms. The summed E-state index contributed by atoms with van der Waals surface area (Å²) in [4.78, 5) is 2.57. The minimum atomic E-state index is 0.192. The van der Waals surface area contributed by atoms with Crippen LogP contribution in [-0.2, 0) is 15.9 Å². The average Bonchev–Trinajstić information content (AvgIpc) is 3.07. The number of hydrogen-bond acceptors (Lipinski definition) is 3. The molecule has 2 heterocycles. The van der Waals surface area contributed by atoms with E-state index in [1.54, 1.807) is 0 Å². The van der Waals surface area contributed by atoms with Gasteiger partial charge in [-0.15, -0.1) is 0 Å². The second-order valence-corrected chi connectivity index (χ2v) is 8.64. The maximum absolute atomic E-state index is 6.74. The fraction of sp³-hybridized carbons (Fsp3) is 0.520. The summed E-state index contributed by atoms with van der Waals surface area (Å²) in [5, 5.41) is 0. The monoisotopic (exact) mass is 377 g/mol. The molecule has 148 valence electrons. The minimum absolute atomic E-state index is 0.192. The smallest absolute Gasteiger partial charge is 0.0901 e. The Morgan fingerprint density at radius 3 is 2.54 bits per heavy atom. The van der Waals surface area contributed by atoms with Crippen LogP contribution in [0.25, 0.3) is 0 Å². The molecule has 0 amide bonds. The van der Waals surface area contributed by atoms with Crippen LogP contribution in [0, 0.1) is 0 Å². The molecule has 4 unspecified atom stereocenters. The lowest BCUT2D eigenvalue weighted by atomic mass is 9.87. The Hall–Kier alpha value is -1.68. The van der Waals surface area contributed by atoms with E-state index in [1.165, 1.54) is 28.7 Å². The van der Waals surface area contributed by atoms with Gasteiger partial charge in [0.25, 0.3) is 0 Å². The van der Waals surface area contributed by atoms with Crippen molar-refractivity contribution in [1.82, 2.24) is 4.90 Å². The molecule has 3 nitrogen and oxygen atoms in total. The predicted molar refractivity (Wildman–Crippen MR) is 112 cm³/mol. The minimum Gasteiger partial charge on any atom is -0.376 e. The molecule has 4 atom stereocenters. The zero-order valence-electron chi connectivity index (χ0n) is 16.8. The largest absolute Gasteiger partial charge is 0.376 e. The molecule has 1 aliphatic carbocycles. The molecule has 0 radical (unpaired) electrons. The maximum atomic E-state index is 6.74. The average molecular weight is 378 g/mol. The third kappa shape index (κ3) is 3.52. The van der Waals surface area contributed by atoms with Crippen LogP contribution in [0.2, 0.25) is 0 Å². The second-order valence-electron chi connectivity index (χ2n) is 8.64. The van der Waals surface area contributed by atoms with Crippen LogP contribution in [0.3, 0.4) is 0 Å². The Morgan fingerprint density at radius 1 is 0.964 bits per heavy atom. The molecule has 0 bridgehead atoms. The van der Waals surface area contributed by atoms with Crippen LogP contribution >= 0.6 is 0 Å². The quantitative estimate of drug-likeness (QED) is 0.770. The summed E-state index contributed by atoms with van der Waals surface area (Å²) in [6.07, 6.45) is 5.38. The molecule has 3 aliphatic rings. The fourth-order valence-electron chi connectivity index (χ4n) is 5.43. The van der Waals surface area contributed by atoms with Gasteiger partial charge in [0, 0.05) is 25.6 Å². The van der Waals surface area contributed by atoms with Gasteiger partial charge in [0.1, 0.15) is 0 Å². The van der Waals surface area contributed by atoms with Crippen molar-refractivity contribution in [3.8, 4) is 0 Å². The van der Waals surface area contributed by atoms with E-state index < -0.39 is 0 Å². The summed E-state index contributed by atoms with van der Waals surface area (Å²) in [7, 11) is 0. The second kappa shape index (κ2) is 7.98. The summed E-state index contributed by atoms with van der Waals surface area (Å²) in [5.41, 5.74) is 5.80. The summed E-state index contributed by atoms with van der Waals surface area (Å²) >= 11 is 0. The van der Waals surface area contributed by atoms with Gasteiger partial charge in [0.15, 0.2) is 0 Å². The van der Waals surface area contributed by atoms with Gasteiger partial charge in [0.05, 0.1) is 24.9 Å². The Morgan fingerprint density at radius 2 is 1.71 bits per heavy atom. The van der Waals surface area contributed by atoms with Crippen molar-refractivity contribution < 1.29 is 9.47 Å². The Bertz CT molecular complexity index is 764. The number of ether oxygens (including phenoxy) is 2. The molecule has 0 aromatic heterocycles. The third-order valence-electron chi connectivity index (χ3n) is 6.71. The first kappa shape index (κ1) is 18.4. The van der Waals surface area contributed by atoms with Gasteiger partial charge in [-0.3, -0.25) is 4.90 Å². The van der Waals surface area contributed by atoms with Crippen molar-refractivity contribution in [2.45, 2.75) is 56.8 Å². The highest BCUT2D eigenvalue weighted by atomic mass is 16.5. The Kier molecular flexibility index (Phi) is 5.23. The maximum Gasteiger partial charge on any atom is 0.0901 e. The Labute approximate surface area is 168 Å². The van der Waals surface area contributed by atoms with E-state index in [4.69, 9.17) is 9.47 Å². The van der Waals surface area contributed by atoms with Gasteiger partial charge < -0.3 is 9.47 Å². The van der Waals surface area contributed by atoms with Gasteiger partial charge in [-0.1, -0.05) is 61.9 Å². The van der Waals surface area contributed by atoms with E-state index in [2.05, 4.69) is 60.4 Å². The molecule has 2 aromatic rings. The number of rotatable bonds is 4. The van der Waals surface area contributed by atoms with Gasteiger partial charge in [-0.25, -0.2) is 0 Å². The molecule has 2 aliphatic heterocycles. The molecule has 0 saturated carbocycles. The van der Waals surface area contributed by atoms with Crippen molar-refractivity contribution in [2.75, 3.05) is 26.2 Å². The number of fused-ring (bicyclic) bond motifs is 5. The van der Waals surface area contributed by atoms with Crippen molar-refractivity contribution in [2.24, 2.45) is 0 Å². The summed E-state index contributed by atoms with van der Waals surface area (Å²) < 4.78 is 12.7. The molecule has 3 heteroatoms. The number of benzene rings is 2. The molecular formula is C25H31NO2. The van der Waals surface area contributed by atoms with E-state index in [1.807, 2.05) is 0 Å². The van der Waals surface area contributed by atoms with Crippen LogP contribution in [0.4, 0.5) is 0 Å². The van der Waals surface area contributed by atoms with Crippen molar-refractivity contribution in [3.05, 3.63) is 70.8 Å². The first-order chi connectivity index (χ1) is 13.8. The summed E-state index contributed by atoms with van der Waals surface area (Å²) in [6, 6.07) is 17.9. The molecule has 5 rings (SSSR count). The first-order valence-electron chi connectivity index (χ1n) is 11.0. The van der Waals surface area contributed by atoms with Gasteiger partial charge >= 0.3 is 0 Å². The number of hydrogen-bond donors (Lipinski definition) is 0. The van der Waals surface area contributed by atoms with E-state index in [0.29, 0.717) is 18.1 Å². The van der Waals surface area contributed by atoms with Crippen LogP contribution in [0.1, 0.15) is 60.5 Å². The molecular weight excluding hydrogens is 346 g/mol. The molecule has 2 saturated heterocycles. The predicted octanol–water partition coefficient (Wildman–Crippen LogP) is 4.71. The van der Waals surface area contributed by atoms with Gasteiger partial charge in [0.2, 0.25) is 0 Å². The lowest BCUT2D eigenvalue weighted by molar-refractivity contribution is -0.0530. The van der Waals surface area contributed by atoms with Crippen LogP contribution in [0.15, 0.2) is 48.5 Å². The van der Waals surface area contributed by atoms with Gasteiger partial charge in [-0.2, -0.15) is 0 Å². The highest BCUT2D eigenvalue weighted by Crippen LogP contribution is 2.49. The number of morpholine rings is 1. The highest BCUT2D eigenvalue weighted by Gasteiger charge is 2.41. The molecule has 2 fully saturated rings. The van der Waals surface area contributed by atoms with Crippen molar-refractivity contribution in [1.29, 1.82) is 0 Å². The standard InChI is InChI=1S/C25H31NO2/c1-2-7-20-16-26(12-13-27-20)17-21-15-24-22-10-5-3-8-18(22)14-19-9-4-6-11-23(19)25(24)28-21/h3-6,8-11,20-21,24-25H,2,7,12-17H2,1H3. The normalized spacial score (nSPS) is 29.6. The fourth-order valence-corrected chi connectivity index (χ4v) is 5.43. The van der Waals surface area contributed by atoms with E-state index in [9.17, 15) is 0 Å². The van der Waals surface area contributed by atoms with E-state index in [-0.39, 0.29) is 6.10 Å². The highest BCUT2D eigenvalue weighted by molar-refractivity contribution is 5.45. The zero-order chi connectivity index (χ0) is 18.9. The first-order valence-corrected chi connectivity index (χ1v) is 11.0. The summed E-state index contributed by atoms with van der Waals surface area (Å²) in [6.45, 7) is 6.21. The molecule has 2 aromatic carbocycles.